The number of benzene rings is 1. The van der Waals surface area contributed by atoms with Gasteiger partial charge in [-0.3, -0.25) is 9.59 Å². The van der Waals surface area contributed by atoms with Gasteiger partial charge in [0.15, 0.2) is 11.5 Å². The third-order valence-corrected chi connectivity index (χ3v) is 3.92. The second kappa shape index (κ2) is 7.85. The molecule has 1 aliphatic carbocycles. The first-order chi connectivity index (χ1) is 11.0. The van der Waals surface area contributed by atoms with Crippen LogP contribution >= 0.6 is 0 Å². The molecule has 0 aromatic heterocycles. The maximum Gasteiger partial charge on any atom is 0.306 e. The molecule has 6 heteroatoms. The van der Waals surface area contributed by atoms with Crippen LogP contribution in [0.2, 0.25) is 0 Å². The molecular formula is C17H23NO5. The monoisotopic (exact) mass is 321 g/mol. The Morgan fingerprint density at radius 2 is 1.87 bits per heavy atom. The summed E-state index contributed by atoms with van der Waals surface area (Å²) in [7, 11) is 0. The Labute approximate surface area is 135 Å². The van der Waals surface area contributed by atoms with Crippen LogP contribution in [-0.4, -0.2) is 36.2 Å². The number of carbonyl (C=O) groups is 2. The number of carboxylic acids is 1. The van der Waals surface area contributed by atoms with Gasteiger partial charge in [-0.15, -0.1) is 0 Å². The third-order valence-electron chi connectivity index (χ3n) is 3.92. The Bertz CT molecular complexity index is 572. The van der Waals surface area contributed by atoms with Crippen LogP contribution in [0.15, 0.2) is 18.2 Å². The third kappa shape index (κ3) is 4.37. The molecule has 0 heterocycles. The summed E-state index contributed by atoms with van der Waals surface area (Å²) in [5.74, 6) is -0.222. The summed E-state index contributed by atoms with van der Waals surface area (Å²) in [4.78, 5) is 23.3. The Hall–Kier alpha value is -2.24. The molecule has 2 N–H and O–H groups in total. The Kier molecular flexibility index (Phi) is 5.84. The molecule has 0 radical (unpaired) electrons. The van der Waals surface area contributed by atoms with E-state index in [4.69, 9.17) is 14.6 Å². The van der Waals surface area contributed by atoms with Crippen molar-refractivity contribution in [3.63, 3.8) is 0 Å². The predicted molar refractivity (Wildman–Crippen MR) is 85.0 cm³/mol. The van der Waals surface area contributed by atoms with Crippen LogP contribution in [0.1, 0.15) is 43.5 Å². The number of amides is 1. The molecule has 0 saturated heterocycles. The number of aliphatic carboxylic acids is 1. The zero-order valence-electron chi connectivity index (χ0n) is 13.5. The van der Waals surface area contributed by atoms with Crippen LogP contribution in [0.4, 0.5) is 0 Å². The lowest BCUT2D eigenvalue weighted by molar-refractivity contribution is -0.141. The van der Waals surface area contributed by atoms with Crippen LogP contribution in [0.3, 0.4) is 0 Å². The molecule has 1 aliphatic rings. The maximum atomic E-state index is 12.3. The molecule has 1 aromatic carbocycles. The minimum Gasteiger partial charge on any atom is -0.490 e. The van der Waals surface area contributed by atoms with Crippen LogP contribution in [0.25, 0.3) is 0 Å². The average molecular weight is 321 g/mol. The van der Waals surface area contributed by atoms with E-state index in [-0.39, 0.29) is 17.9 Å². The van der Waals surface area contributed by atoms with E-state index in [1.807, 2.05) is 13.8 Å². The molecular weight excluding hydrogens is 298 g/mol. The number of rotatable bonds is 7. The van der Waals surface area contributed by atoms with Gasteiger partial charge in [-0.05, 0) is 51.3 Å². The van der Waals surface area contributed by atoms with Crippen LogP contribution in [0.5, 0.6) is 11.5 Å². The van der Waals surface area contributed by atoms with Crippen molar-refractivity contribution >= 4 is 11.9 Å². The Balaban J connectivity index is 2.04. The van der Waals surface area contributed by atoms with E-state index in [1.165, 1.54) is 0 Å². The van der Waals surface area contributed by atoms with Gasteiger partial charge >= 0.3 is 5.97 Å². The molecule has 0 bridgehead atoms. The topological polar surface area (TPSA) is 84.9 Å². The Morgan fingerprint density at radius 3 is 2.48 bits per heavy atom. The summed E-state index contributed by atoms with van der Waals surface area (Å²) in [5, 5.41) is 11.9. The molecule has 1 amide bonds. The van der Waals surface area contributed by atoms with Gasteiger partial charge in [0.05, 0.1) is 19.1 Å². The van der Waals surface area contributed by atoms with Crippen molar-refractivity contribution in [1.29, 1.82) is 0 Å². The fraction of sp³-hybridized carbons (Fsp3) is 0.529. The van der Waals surface area contributed by atoms with Crippen molar-refractivity contribution in [2.45, 2.75) is 39.2 Å². The second-order valence-corrected chi connectivity index (χ2v) is 5.55. The lowest BCUT2D eigenvalue weighted by Crippen LogP contribution is -2.33. The van der Waals surface area contributed by atoms with Crippen molar-refractivity contribution in [3.05, 3.63) is 23.8 Å². The van der Waals surface area contributed by atoms with Crippen molar-refractivity contribution in [1.82, 2.24) is 5.32 Å². The molecule has 0 aliphatic heterocycles. The van der Waals surface area contributed by atoms with Crippen LogP contribution in [-0.2, 0) is 4.79 Å². The molecule has 1 aromatic rings. The largest absolute Gasteiger partial charge is 0.490 e. The van der Waals surface area contributed by atoms with Gasteiger partial charge in [0.25, 0.3) is 5.91 Å². The first-order valence-electron chi connectivity index (χ1n) is 7.98. The number of nitrogens with one attached hydrogen (secondary N) is 1. The zero-order chi connectivity index (χ0) is 16.8. The molecule has 126 valence electrons. The second-order valence-electron chi connectivity index (χ2n) is 5.55. The van der Waals surface area contributed by atoms with Crippen molar-refractivity contribution in [2.24, 2.45) is 5.92 Å². The van der Waals surface area contributed by atoms with E-state index < -0.39 is 5.97 Å². The van der Waals surface area contributed by atoms with E-state index >= 15 is 0 Å². The molecule has 23 heavy (non-hydrogen) atoms. The van der Waals surface area contributed by atoms with Crippen molar-refractivity contribution in [3.8, 4) is 11.5 Å². The molecule has 0 unspecified atom stereocenters. The number of hydrogen-bond acceptors (Lipinski definition) is 4. The highest BCUT2D eigenvalue weighted by atomic mass is 16.5. The first-order valence-corrected chi connectivity index (χ1v) is 7.98. The molecule has 1 saturated carbocycles. The molecule has 0 spiro atoms. The van der Waals surface area contributed by atoms with Gasteiger partial charge in [0.1, 0.15) is 0 Å². The van der Waals surface area contributed by atoms with Crippen molar-refractivity contribution < 1.29 is 24.2 Å². The first kappa shape index (κ1) is 17.1. The maximum absolute atomic E-state index is 12.3. The Morgan fingerprint density at radius 1 is 1.17 bits per heavy atom. The summed E-state index contributed by atoms with van der Waals surface area (Å²) in [6.45, 7) is 4.75. The van der Waals surface area contributed by atoms with Gasteiger partial charge in [0, 0.05) is 11.6 Å². The van der Waals surface area contributed by atoms with Crippen LogP contribution < -0.4 is 14.8 Å². The quantitative estimate of drug-likeness (QED) is 0.806. The predicted octanol–water partition coefficient (Wildman–Crippen LogP) is 2.47. The van der Waals surface area contributed by atoms with Gasteiger partial charge in [-0.25, -0.2) is 0 Å². The van der Waals surface area contributed by atoms with E-state index in [2.05, 4.69) is 5.32 Å². The molecule has 2 atom stereocenters. The summed E-state index contributed by atoms with van der Waals surface area (Å²) < 4.78 is 11.0. The van der Waals surface area contributed by atoms with Crippen LogP contribution in [0, 0.1) is 5.92 Å². The van der Waals surface area contributed by atoms with E-state index in [1.54, 1.807) is 18.2 Å². The number of hydrogen-bond donors (Lipinski definition) is 2. The fourth-order valence-corrected chi connectivity index (χ4v) is 2.80. The minimum absolute atomic E-state index is 0.0919. The lowest BCUT2D eigenvalue weighted by Gasteiger charge is -2.15. The normalized spacial score (nSPS) is 20.1. The van der Waals surface area contributed by atoms with E-state index in [0.29, 0.717) is 49.5 Å². The standard InChI is InChI=1S/C17H23NO5/c1-3-22-14-8-6-11(10-15(14)23-4-2)16(19)18-13-7-5-12(9-13)17(20)21/h6,8,10,12-13H,3-5,7,9H2,1-2H3,(H,18,19)(H,20,21)/t12-,13+/m1/s1. The smallest absolute Gasteiger partial charge is 0.306 e. The molecule has 6 nitrogen and oxygen atoms in total. The van der Waals surface area contributed by atoms with Gasteiger partial charge < -0.3 is 19.9 Å². The molecule has 2 rings (SSSR count). The SMILES string of the molecule is CCOc1ccc(C(=O)N[C@H]2CC[C@@H](C(=O)O)C2)cc1OCC. The fourth-order valence-electron chi connectivity index (χ4n) is 2.80. The number of ether oxygens (including phenoxy) is 2. The molecule has 1 fully saturated rings. The number of carboxylic acid groups (broad SMARTS) is 1. The average Bonchev–Trinajstić information content (AvgIpc) is 2.98. The highest BCUT2D eigenvalue weighted by Gasteiger charge is 2.30. The van der Waals surface area contributed by atoms with E-state index in [0.717, 1.165) is 0 Å². The zero-order valence-corrected chi connectivity index (χ0v) is 13.5. The highest BCUT2D eigenvalue weighted by Crippen LogP contribution is 2.29. The van der Waals surface area contributed by atoms with Gasteiger partial charge in [0.2, 0.25) is 0 Å². The summed E-state index contributed by atoms with van der Waals surface area (Å²) >= 11 is 0. The number of carbonyl (C=O) groups excluding carboxylic acids is 1. The van der Waals surface area contributed by atoms with E-state index in [9.17, 15) is 9.59 Å². The highest BCUT2D eigenvalue weighted by molar-refractivity contribution is 5.95. The minimum atomic E-state index is -0.790. The summed E-state index contributed by atoms with van der Waals surface area (Å²) in [6, 6.07) is 4.98. The van der Waals surface area contributed by atoms with Gasteiger partial charge in [-0.1, -0.05) is 0 Å². The summed E-state index contributed by atoms with van der Waals surface area (Å²) in [6.07, 6.45) is 1.78. The van der Waals surface area contributed by atoms with Gasteiger partial charge in [-0.2, -0.15) is 0 Å². The lowest BCUT2D eigenvalue weighted by atomic mass is 10.1. The van der Waals surface area contributed by atoms with Crippen molar-refractivity contribution in [2.75, 3.05) is 13.2 Å². The summed E-state index contributed by atoms with van der Waals surface area (Å²) in [5.41, 5.74) is 0.482.